The maximum absolute atomic E-state index is 7.32. The van der Waals surface area contributed by atoms with Crippen LogP contribution in [-0.2, 0) is 0 Å². The third-order valence-corrected chi connectivity index (χ3v) is 1.56. The fourth-order valence-corrected chi connectivity index (χ4v) is 0.681. The molecule has 0 spiro atoms. The normalized spacial score (nSPS) is 10.8. The van der Waals surface area contributed by atoms with Crippen molar-refractivity contribution >= 4 is 0 Å². The Balaban J connectivity index is 0.000000354. The topological polar surface area (TPSA) is 49.8 Å². The van der Waals surface area contributed by atoms with E-state index in [9.17, 15) is 0 Å². The van der Waals surface area contributed by atoms with Gasteiger partial charge >= 0.3 is 0 Å². The molecule has 0 aliphatic carbocycles. The summed E-state index contributed by atoms with van der Waals surface area (Å²) in [6, 6.07) is 3.66. The fourth-order valence-electron chi connectivity index (χ4n) is 0.681. The van der Waals surface area contributed by atoms with Crippen LogP contribution in [0.25, 0.3) is 0 Å². The zero-order chi connectivity index (χ0) is 9.40. The summed E-state index contributed by atoms with van der Waals surface area (Å²) < 4.78 is 4.94. The first-order valence-corrected chi connectivity index (χ1v) is 3.97. The summed E-state index contributed by atoms with van der Waals surface area (Å²) in [4.78, 5) is 0. The summed E-state index contributed by atoms with van der Waals surface area (Å²) in [6.45, 7) is 5.69. The lowest BCUT2D eigenvalue weighted by Crippen LogP contribution is -1.86. The highest BCUT2D eigenvalue weighted by atomic mass is 16.5. The summed E-state index contributed by atoms with van der Waals surface area (Å²) in [5.74, 6) is 1.49. The van der Waals surface area contributed by atoms with Crippen molar-refractivity contribution in [1.82, 2.24) is 5.16 Å². The van der Waals surface area contributed by atoms with Crippen molar-refractivity contribution in [2.75, 3.05) is 0 Å². The van der Waals surface area contributed by atoms with Gasteiger partial charge in [0, 0.05) is 18.9 Å². The van der Waals surface area contributed by atoms with Crippen LogP contribution in [0.5, 0.6) is 0 Å². The average Bonchev–Trinajstić information content (AvgIpc) is 2.56. The van der Waals surface area contributed by atoms with Crippen molar-refractivity contribution < 1.29 is 4.52 Å². The van der Waals surface area contributed by atoms with E-state index >= 15 is 0 Å². The van der Waals surface area contributed by atoms with Gasteiger partial charge in [-0.15, -0.1) is 0 Å². The summed E-state index contributed by atoms with van der Waals surface area (Å²) in [7, 11) is 0. The molecule has 0 aromatic carbocycles. The first-order chi connectivity index (χ1) is 5.76. The van der Waals surface area contributed by atoms with Crippen LogP contribution in [0.15, 0.2) is 16.8 Å². The first kappa shape index (κ1) is 10.7. The van der Waals surface area contributed by atoms with Gasteiger partial charge in [-0.3, -0.25) is 0 Å². The molecule has 3 nitrogen and oxygen atoms in total. The van der Waals surface area contributed by atoms with Gasteiger partial charge in [0.05, 0.1) is 12.3 Å². The molecule has 1 unspecified atom stereocenters. The Kier molecular flexibility index (Phi) is 5.72. The van der Waals surface area contributed by atoms with Crippen LogP contribution in [0.4, 0.5) is 0 Å². The van der Waals surface area contributed by atoms with Crippen molar-refractivity contribution in [1.29, 1.82) is 5.26 Å². The maximum atomic E-state index is 7.32. The molecular weight excluding hydrogens is 152 g/mol. The molecule has 0 saturated carbocycles. The van der Waals surface area contributed by atoms with E-state index in [0.29, 0.717) is 5.92 Å². The van der Waals surface area contributed by atoms with E-state index < -0.39 is 0 Å². The van der Waals surface area contributed by atoms with Crippen molar-refractivity contribution in [2.45, 2.75) is 33.1 Å². The Hall–Kier alpha value is -1.30. The molecule has 3 heteroatoms. The number of hydrogen-bond acceptors (Lipinski definition) is 3. The predicted octanol–water partition coefficient (Wildman–Crippen LogP) is 2.72. The molecule has 1 rings (SSSR count). The number of hydrogen-bond donors (Lipinski definition) is 0. The summed E-state index contributed by atoms with van der Waals surface area (Å²) in [6.07, 6.45) is 2.79. The largest absolute Gasteiger partial charge is 0.361 e. The number of nitriles is 1. The van der Waals surface area contributed by atoms with E-state index in [1.807, 2.05) is 6.07 Å². The molecule has 1 aromatic rings. The van der Waals surface area contributed by atoms with Crippen molar-refractivity contribution in [3.05, 3.63) is 18.0 Å². The van der Waals surface area contributed by atoms with Crippen LogP contribution in [0.1, 0.15) is 38.9 Å². The van der Waals surface area contributed by atoms with E-state index in [4.69, 9.17) is 9.78 Å². The molecule has 0 amide bonds. The number of nitrogens with zero attached hydrogens (tertiary/aromatic N) is 2. The molecule has 0 fully saturated rings. The van der Waals surface area contributed by atoms with E-state index in [2.05, 4.69) is 19.0 Å². The molecule has 0 bridgehead atoms. The highest BCUT2D eigenvalue weighted by Gasteiger charge is 2.04. The van der Waals surface area contributed by atoms with Crippen LogP contribution < -0.4 is 0 Å². The summed E-state index contributed by atoms with van der Waals surface area (Å²) >= 11 is 0. The smallest absolute Gasteiger partial charge is 0.139 e. The Morgan fingerprint density at radius 1 is 1.75 bits per heavy atom. The number of aromatic nitrogens is 1. The third-order valence-electron chi connectivity index (χ3n) is 1.56. The zero-order valence-corrected chi connectivity index (χ0v) is 7.74. The Bertz CT molecular complexity index is 223. The maximum Gasteiger partial charge on any atom is 0.139 e. The van der Waals surface area contributed by atoms with Gasteiger partial charge in [0.1, 0.15) is 5.76 Å². The summed E-state index contributed by atoms with van der Waals surface area (Å²) in [5, 5.41) is 10.9. The van der Waals surface area contributed by atoms with Crippen molar-refractivity contribution in [3.8, 4) is 6.07 Å². The van der Waals surface area contributed by atoms with Crippen molar-refractivity contribution in [2.24, 2.45) is 0 Å². The average molecular weight is 166 g/mol. The highest BCUT2D eigenvalue weighted by Crippen LogP contribution is 2.16. The molecule has 0 saturated heterocycles. The molecule has 0 N–H and O–H groups in total. The summed E-state index contributed by atoms with van der Waals surface area (Å²) in [5.41, 5.74) is 0. The molecule has 66 valence electrons. The van der Waals surface area contributed by atoms with Crippen LogP contribution in [0, 0.1) is 11.3 Å². The van der Waals surface area contributed by atoms with Gasteiger partial charge in [0.15, 0.2) is 0 Å². The standard InChI is InChI=1S/C7H11NO.C2H3N/c1-3-6(2)7-4-5-8-9-7;1-2-3/h4-6H,3H2,1-2H3;1H3. The number of rotatable bonds is 2. The lowest BCUT2D eigenvalue weighted by atomic mass is 10.1. The highest BCUT2D eigenvalue weighted by molar-refractivity contribution is 4.98. The van der Waals surface area contributed by atoms with E-state index in [1.165, 1.54) is 6.92 Å². The lowest BCUT2D eigenvalue weighted by Gasteiger charge is -1.99. The molecular formula is C9H14N2O. The van der Waals surface area contributed by atoms with E-state index in [1.54, 1.807) is 12.3 Å². The SMILES string of the molecule is CC#N.CCC(C)c1ccno1. The molecule has 1 aromatic heterocycles. The Morgan fingerprint density at radius 2 is 2.33 bits per heavy atom. The van der Waals surface area contributed by atoms with Gasteiger partial charge in [-0.1, -0.05) is 19.0 Å². The quantitative estimate of drug-likeness (QED) is 0.678. The second-order valence-corrected chi connectivity index (χ2v) is 2.45. The molecule has 12 heavy (non-hydrogen) atoms. The minimum Gasteiger partial charge on any atom is -0.361 e. The van der Waals surface area contributed by atoms with Gasteiger partial charge in [-0.2, -0.15) is 5.26 Å². The Morgan fingerprint density at radius 3 is 2.67 bits per heavy atom. The van der Waals surface area contributed by atoms with Crippen LogP contribution >= 0.6 is 0 Å². The van der Waals surface area contributed by atoms with Crippen LogP contribution in [0.2, 0.25) is 0 Å². The monoisotopic (exact) mass is 166 g/mol. The molecule has 1 heterocycles. The molecule has 0 aliphatic heterocycles. The van der Waals surface area contributed by atoms with E-state index in [0.717, 1.165) is 12.2 Å². The molecule has 1 atom stereocenters. The van der Waals surface area contributed by atoms with Gasteiger partial charge in [0.2, 0.25) is 0 Å². The van der Waals surface area contributed by atoms with Gasteiger partial charge in [-0.25, -0.2) is 0 Å². The predicted molar refractivity (Wildman–Crippen MR) is 46.5 cm³/mol. The van der Waals surface area contributed by atoms with E-state index in [-0.39, 0.29) is 0 Å². The fraction of sp³-hybridized carbons (Fsp3) is 0.556. The second-order valence-electron chi connectivity index (χ2n) is 2.45. The second kappa shape index (κ2) is 6.41. The first-order valence-electron chi connectivity index (χ1n) is 3.97. The lowest BCUT2D eigenvalue weighted by molar-refractivity contribution is 0.363. The Labute approximate surface area is 73.0 Å². The minimum absolute atomic E-state index is 0.507. The van der Waals surface area contributed by atoms with Crippen molar-refractivity contribution in [3.63, 3.8) is 0 Å². The van der Waals surface area contributed by atoms with Gasteiger partial charge in [-0.05, 0) is 6.42 Å². The minimum atomic E-state index is 0.507. The molecule has 0 radical (unpaired) electrons. The molecule has 0 aliphatic rings. The van der Waals surface area contributed by atoms with Gasteiger partial charge in [0.25, 0.3) is 0 Å². The zero-order valence-electron chi connectivity index (χ0n) is 7.74. The van der Waals surface area contributed by atoms with Crippen LogP contribution in [0.3, 0.4) is 0 Å². The third kappa shape index (κ3) is 3.77. The van der Waals surface area contributed by atoms with Gasteiger partial charge < -0.3 is 4.52 Å². The van der Waals surface area contributed by atoms with Crippen LogP contribution in [-0.4, -0.2) is 5.16 Å².